The van der Waals surface area contributed by atoms with E-state index in [1.54, 1.807) is 0 Å². The summed E-state index contributed by atoms with van der Waals surface area (Å²) in [4.78, 5) is 5.03. The van der Waals surface area contributed by atoms with E-state index in [1.807, 2.05) is 0 Å². The van der Waals surface area contributed by atoms with Crippen molar-refractivity contribution in [2.75, 3.05) is 0 Å². The lowest BCUT2D eigenvalue weighted by Crippen LogP contribution is -2.35. The topological polar surface area (TPSA) is 43.8 Å². The van der Waals surface area contributed by atoms with Crippen LogP contribution < -0.4 is 5.73 Å². The van der Waals surface area contributed by atoms with Gasteiger partial charge in [0.05, 0.1) is 11.0 Å². The van der Waals surface area contributed by atoms with Gasteiger partial charge in [-0.05, 0) is 62.1 Å². The van der Waals surface area contributed by atoms with Crippen LogP contribution >= 0.6 is 0 Å². The van der Waals surface area contributed by atoms with Crippen molar-refractivity contribution in [1.82, 2.24) is 9.55 Å². The Hall–Kier alpha value is -1.35. The molecule has 0 radical (unpaired) electrons. The fourth-order valence-electron chi connectivity index (χ4n) is 4.69. The van der Waals surface area contributed by atoms with Crippen molar-refractivity contribution in [3.63, 3.8) is 0 Å². The van der Waals surface area contributed by atoms with Crippen molar-refractivity contribution >= 4 is 11.0 Å². The van der Waals surface area contributed by atoms with Crippen molar-refractivity contribution in [2.45, 2.75) is 58.0 Å². The Kier molecular flexibility index (Phi) is 3.07. The largest absolute Gasteiger partial charge is 0.328 e. The molecule has 2 N–H and O–H groups in total. The van der Waals surface area contributed by atoms with Gasteiger partial charge in [-0.1, -0.05) is 13.0 Å². The van der Waals surface area contributed by atoms with Crippen molar-refractivity contribution < 1.29 is 0 Å². The van der Waals surface area contributed by atoms with Gasteiger partial charge in [0.2, 0.25) is 0 Å². The Morgan fingerprint density at radius 3 is 2.81 bits per heavy atom. The molecule has 2 saturated carbocycles. The summed E-state index contributed by atoms with van der Waals surface area (Å²) in [6, 6.07) is 6.96. The molecule has 2 fully saturated rings. The molecule has 1 aromatic carbocycles. The second kappa shape index (κ2) is 4.84. The molecular formula is C18H25N3. The molecular weight excluding hydrogens is 258 g/mol. The van der Waals surface area contributed by atoms with E-state index in [1.165, 1.54) is 36.2 Å². The maximum Gasteiger partial charge on any atom is 0.114 e. The number of imidazole rings is 1. The van der Waals surface area contributed by atoms with Crippen LogP contribution in [0.2, 0.25) is 0 Å². The van der Waals surface area contributed by atoms with E-state index in [-0.39, 0.29) is 0 Å². The first-order valence-corrected chi connectivity index (χ1v) is 8.41. The fraction of sp³-hybridized carbons (Fsp3) is 0.611. The highest BCUT2D eigenvalue weighted by Gasteiger charge is 2.48. The zero-order valence-corrected chi connectivity index (χ0v) is 13.0. The molecule has 21 heavy (non-hydrogen) atoms. The summed E-state index contributed by atoms with van der Waals surface area (Å²) in [7, 11) is 0. The highest BCUT2D eigenvalue weighted by Crippen LogP contribution is 2.52. The molecule has 0 spiro atoms. The summed E-state index contributed by atoms with van der Waals surface area (Å²) in [6.45, 7) is 5.43. The molecule has 0 amide bonds. The maximum atomic E-state index is 6.56. The van der Waals surface area contributed by atoms with Gasteiger partial charge in [0.15, 0.2) is 0 Å². The number of aromatic nitrogens is 2. The number of nitrogens with two attached hydrogens (primary N) is 1. The van der Waals surface area contributed by atoms with E-state index in [2.05, 4.69) is 36.6 Å². The second-order valence-electron chi connectivity index (χ2n) is 7.05. The molecule has 2 aliphatic carbocycles. The molecule has 3 heteroatoms. The van der Waals surface area contributed by atoms with Crippen LogP contribution in [0.25, 0.3) is 11.0 Å². The molecule has 2 bridgehead atoms. The van der Waals surface area contributed by atoms with Gasteiger partial charge in [-0.3, -0.25) is 0 Å². The number of hydrogen-bond acceptors (Lipinski definition) is 2. The monoisotopic (exact) mass is 283 g/mol. The number of benzene rings is 1. The molecule has 1 aromatic heterocycles. The van der Waals surface area contributed by atoms with Gasteiger partial charge in [0.1, 0.15) is 5.82 Å². The van der Waals surface area contributed by atoms with Gasteiger partial charge < -0.3 is 10.3 Å². The number of aryl methyl sites for hydroxylation is 2. The standard InChI is InChI=1S/C18H25N3/c1-3-8-21-15-7-4-11(2)9-14(15)20-18(21)16-12-5-6-13(10-12)17(16)19/h4,7,9,12-13,16-17H,3,5-6,8,10,19H2,1-2H3. The van der Waals surface area contributed by atoms with Crippen molar-refractivity contribution in [3.05, 3.63) is 29.6 Å². The average Bonchev–Trinajstić information content (AvgIpc) is 3.13. The van der Waals surface area contributed by atoms with Gasteiger partial charge in [-0.25, -0.2) is 4.98 Å². The summed E-state index contributed by atoms with van der Waals surface area (Å²) < 4.78 is 2.44. The molecule has 1 heterocycles. The lowest BCUT2D eigenvalue weighted by atomic mass is 9.84. The minimum absolute atomic E-state index is 0.317. The van der Waals surface area contributed by atoms with Gasteiger partial charge in [0.25, 0.3) is 0 Å². The van der Waals surface area contributed by atoms with Crippen molar-refractivity contribution in [3.8, 4) is 0 Å². The van der Waals surface area contributed by atoms with Crippen LogP contribution in [0.5, 0.6) is 0 Å². The molecule has 2 aromatic rings. The van der Waals surface area contributed by atoms with Crippen LogP contribution in [0.4, 0.5) is 0 Å². The van der Waals surface area contributed by atoms with Crippen molar-refractivity contribution in [2.24, 2.45) is 17.6 Å². The summed E-state index contributed by atoms with van der Waals surface area (Å²) in [5.74, 6) is 3.23. The SMILES string of the molecule is CCCn1c(C2C3CCC(C3)C2N)nc2cc(C)ccc21. The average molecular weight is 283 g/mol. The van der Waals surface area contributed by atoms with Gasteiger partial charge in [-0.2, -0.15) is 0 Å². The Bertz CT molecular complexity index is 670. The minimum Gasteiger partial charge on any atom is -0.328 e. The maximum absolute atomic E-state index is 6.56. The smallest absolute Gasteiger partial charge is 0.114 e. The minimum atomic E-state index is 0.317. The van der Waals surface area contributed by atoms with Crippen molar-refractivity contribution in [1.29, 1.82) is 0 Å². The highest BCUT2D eigenvalue weighted by molar-refractivity contribution is 5.77. The molecule has 4 rings (SSSR count). The van der Waals surface area contributed by atoms with E-state index >= 15 is 0 Å². The number of fused-ring (bicyclic) bond motifs is 3. The lowest BCUT2D eigenvalue weighted by molar-refractivity contribution is 0.346. The first-order chi connectivity index (χ1) is 10.2. The Morgan fingerprint density at radius 1 is 1.29 bits per heavy atom. The molecule has 0 aliphatic heterocycles. The molecule has 2 aliphatic rings. The summed E-state index contributed by atoms with van der Waals surface area (Å²) in [6.07, 6.45) is 5.13. The normalized spacial score (nSPS) is 31.4. The zero-order chi connectivity index (χ0) is 14.6. The first-order valence-electron chi connectivity index (χ1n) is 8.41. The predicted octanol–water partition coefficient (Wildman–Crippen LogP) is 3.60. The van der Waals surface area contributed by atoms with Crippen LogP contribution in [0.15, 0.2) is 18.2 Å². The third-order valence-corrected chi connectivity index (χ3v) is 5.66. The zero-order valence-electron chi connectivity index (χ0n) is 13.0. The molecule has 3 nitrogen and oxygen atoms in total. The summed E-state index contributed by atoms with van der Waals surface area (Å²) >= 11 is 0. The van der Waals surface area contributed by atoms with Crippen LogP contribution in [0.1, 0.15) is 49.9 Å². The Morgan fingerprint density at radius 2 is 2.10 bits per heavy atom. The number of rotatable bonds is 3. The Balaban J connectivity index is 1.85. The molecule has 112 valence electrons. The van der Waals surface area contributed by atoms with Gasteiger partial charge in [-0.15, -0.1) is 0 Å². The third kappa shape index (κ3) is 1.94. The van der Waals surface area contributed by atoms with E-state index in [9.17, 15) is 0 Å². The Labute approximate surface area is 126 Å². The number of hydrogen-bond donors (Lipinski definition) is 1. The highest BCUT2D eigenvalue weighted by atomic mass is 15.1. The molecule has 4 unspecified atom stereocenters. The fourth-order valence-corrected chi connectivity index (χ4v) is 4.69. The predicted molar refractivity (Wildman–Crippen MR) is 86.3 cm³/mol. The van der Waals surface area contributed by atoms with E-state index in [0.29, 0.717) is 12.0 Å². The van der Waals surface area contributed by atoms with E-state index < -0.39 is 0 Å². The molecule has 4 atom stereocenters. The van der Waals surface area contributed by atoms with E-state index in [0.717, 1.165) is 30.3 Å². The van der Waals surface area contributed by atoms with Crippen LogP contribution in [0, 0.1) is 18.8 Å². The van der Waals surface area contributed by atoms with Crippen LogP contribution in [-0.2, 0) is 6.54 Å². The van der Waals surface area contributed by atoms with Crippen LogP contribution in [0.3, 0.4) is 0 Å². The third-order valence-electron chi connectivity index (χ3n) is 5.66. The lowest BCUT2D eigenvalue weighted by Gasteiger charge is -2.28. The summed E-state index contributed by atoms with van der Waals surface area (Å²) in [5, 5.41) is 0. The number of nitrogens with zero attached hydrogens (tertiary/aromatic N) is 2. The second-order valence-corrected chi connectivity index (χ2v) is 7.05. The molecule has 0 saturated heterocycles. The quantitative estimate of drug-likeness (QED) is 0.935. The van der Waals surface area contributed by atoms with Gasteiger partial charge in [0, 0.05) is 18.5 Å². The first kappa shape index (κ1) is 13.3. The van der Waals surface area contributed by atoms with E-state index in [4.69, 9.17) is 10.7 Å². The van der Waals surface area contributed by atoms with Crippen LogP contribution in [-0.4, -0.2) is 15.6 Å². The van der Waals surface area contributed by atoms with Gasteiger partial charge >= 0.3 is 0 Å². The summed E-state index contributed by atoms with van der Waals surface area (Å²) in [5.41, 5.74) is 10.3.